The third kappa shape index (κ3) is 6.60. The normalized spacial score (nSPS) is 11.2. The number of carbonyl (C=O) groups is 2. The molecule has 12 heteroatoms. The van der Waals surface area contributed by atoms with Gasteiger partial charge in [0, 0.05) is 12.1 Å². The van der Waals surface area contributed by atoms with Crippen molar-refractivity contribution in [2.75, 3.05) is 20.8 Å². The molecule has 41 heavy (non-hydrogen) atoms. The van der Waals surface area contributed by atoms with E-state index in [2.05, 4.69) is 0 Å². The first kappa shape index (κ1) is 29.0. The van der Waals surface area contributed by atoms with Crippen LogP contribution in [0.2, 0.25) is 0 Å². The predicted molar refractivity (Wildman–Crippen MR) is 139 cm³/mol. The van der Waals surface area contributed by atoms with Crippen LogP contribution in [-0.4, -0.2) is 32.8 Å². The Balaban J connectivity index is 1.66. The molecule has 0 aliphatic carbocycles. The number of esters is 2. The summed E-state index contributed by atoms with van der Waals surface area (Å²) >= 11 is 0. The smallest absolute Gasteiger partial charge is 0.453 e. The zero-order chi connectivity index (χ0) is 29.7. The first-order chi connectivity index (χ1) is 19.5. The molecule has 4 aromatic rings. The van der Waals surface area contributed by atoms with E-state index < -0.39 is 40.6 Å². The van der Waals surface area contributed by atoms with E-state index in [0.29, 0.717) is 17.9 Å². The van der Waals surface area contributed by atoms with Gasteiger partial charge in [0.1, 0.15) is 28.6 Å². The van der Waals surface area contributed by atoms with Crippen molar-refractivity contribution in [3.8, 4) is 28.7 Å². The van der Waals surface area contributed by atoms with Crippen molar-refractivity contribution in [3.63, 3.8) is 0 Å². The van der Waals surface area contributed by atoms with E-state index in [9.17, 15) is 27.6 Å². The Bertz CT molecular complexity index is 1620. The standard InChI is InChI=1S/C29H23F3O9/c1-4-11-38-27(34)16-5-7-18(8-6-16)39-25-24(33)22-10-9-19(15-23(22)41-26(25)29(30,31)32)40-28(35)17-12-20(36-2)14-21(13-17)37-3/h5-10,12-15H,4,11H2,1-3H3. The molecule has 0 N–H and O–H groups in total. The highest BCUT2D eigenvalue weighted by atomic mass is 19.4. The van der Waals surface area contributed by atoms with E-state index >= 15 is 0 Å². The maximum atomic E-state index is 13.9. The van der Waals surface area contributed by atoms with Crippen LogP contribution in [0.1, 0.15) is 39.8 Å². The summed E-state index contributed by atoms with van der Waals surface area (Å²) < 4.78 is 72.7. The van der Waals surface area contributed by atoms with Gasteiger partial charge in [-0.25, -0.2) is 9.59 Å². The fourth-order valence-electron chi connectivity index (χ4n) is 3.65. The van der Waals surface area contributed by atoms with Gasteiger partial charge in [0.05, 0.1) is 37.3 Å². The fraction of sp³-hybridized carbons (Fsp3) is 0.207. The maximum absolute atomic E-state index is 13.9. The van der Waals surface area contributed by atoms with Gasteiger partial charge >= 0.3 is 18.1 Å². The molecule has 3 aromatic carbocycles. The summed E-state index contributed by atoms with van der Waals surface area (Å²) in [6.07, 6.45) is -4.50. The largest absolute Gasteiger partial charge is 0.497 e. The van der Waals surface area contributed by atoms with E-state index in [-0.39, 0.29) is 34.6 Å². The number of ether oxygens (including phenoxy) is 5. The molecule has 0 aliphatic heterocycles. The van der Waals surface area contributed by atoms with E-state index in [0.717, 1.165) is 12.1 Å². The van der Waals surface area contributed by atoms with Gasteiger partial charge in [-0.15, -0.1) is 0 Å². The van der Waals surface area contributed by atoms with Gasteiger partial charge in [0.2, 0.25) is 11.2 Å². The Morgan fingerprint density at radius 2 is 1.44 bits per heavy atom. The van der Waals surface area contributed by atoms with Crippen LogP contribution >= 0.6 is 0 Å². The average Bonchev–Trinajstić information content (AvgIpc) is 2.96. The van der Waals surface area contributed by atoms with Crippen LogP contribution in [0.4, 0.5) is 13.2 Å². The maximum Gasteiger partial charge on any atom is 0.453 e. The molecule has 0 saturated carbocycles. The van der Waals surface area contributed by atoms with Crippen LogP contribution in [0.5, 0.6) is 28.7 Å². The molecule has 0 unspecified atom stereocenters. The van der Waals surface area contributed by atoms with Gasteiger partial charge in [-0.3, -0.25) is 4.79 Å². The lowest BCUT2D eigenvalue weighted by Gasteiger charge is -2.14. The second-order valence-corrected chi connectivity index (χ2v) is 8.50. The summed E-state index contributed by atoms with van der Waals surface area (Å²) in [7, 11) is 2.79. The molecule has 1 heterocycles. The van der Waals surface area contributed by atoms with Gasteiger partial charge < -0.3 is 28.1 Å². The van der Waals surface area contributed by atoms with Gasteiger partial charge in [-0.1, -0.05) is 6.92 Å². The molecule has 214 valence electrons. The lowest BCUT2D eigenvalue weighted by Crippen LogP contribution is -2.16. The lowest BCUT2D eigenvalue weighted by molar-refractivity contribution is -0.154. The van der Waals surface area contributed by atoms with Gasteiger partial charge in [0.15, 0.2) is 0 Å². The summed E-state index contributed by atoms with van der Waals surface area (Å²) in [4.78, 5) is 37.8. The number of benzene rings is 3. The molecule has 0 bridgehead atoms. The van der Waals surface area contributed by atoms with Crippen LogP contribution in [0.3, 0.4) is 0 Å². The fourth-order valence-corrected chi connectivity index (χ4v) is 3.65. The SMILES string of the molecule is CCCOC(=O)c1ccc(Oc2c(C(F)(F)F)oc3cc(OC(=O)c4cc(OC)cc(OC)c4)ccc3c2=O)cc1. The summed E-state index contributed by atoms with van der Waals surface area (Å²) in [5.41, 5.74) is -1.40. The Kier molecular flexibility index (Phi) is 8.51. The van der Waals surface area contributed by atoms with Crippen molar-refractivity contribution >= 4 is 22.9 Å². The first-order valence-corrected chi connectivity index (χ1v) is 12.1. The monoisotopic (exact) mass is 572 g/mol. The van der Waals surface area contributed by atoms with Crippen molar-refractivity contribution in [3.05, 3.63) is 87.8 Å². The van der Waals surface area contributed by atoms with Crippen LogP contribution in [0.25, 0.3) is 11.0 Å². The second-order valence-electron chi connectivity index (χ2n) is 8.50. The summed E-state index contributed by atoms with van der Waals surface area (Å²) in [6.45, 7) is 2.03. The molecular weight excluding hydrogens is 549 g/mol. The number of alkyl halides is 3. The highest BCUT2D eigenvalue weighted by molar-refractivity contribution is 5.92. The van der Waals surface area contributed by atoms with Crippen LogP contribution in [-0.2, 0) is 10.9 Å². The minimum atomic E-state index is -5.11. The number of carbonyl (C=O) groups excluding carboxylic acids is 2. The number of fused-ring (bicyclic) bond motifs is 1. The van der Waals surface area contributed by atoms with Crippen molar-refractivity contribution in [1.82, 2.24) is 0 Å². The zero-order valence-corrected chi connectivity index (χ0v) is 22.0. The van der Waals surface area contributed by atoms with E-state index in [1.54, 1.807) is 0 Å². The minimum Gasteiger partial charge on any atom is -0.497 e. The van der Waals surface area contributed by atoms with Crippen LogP contribution in [0, 0.1) is 0 Å². The van der Waals surface area contributed by atoms with Crippen molar-refractivity contribution < 1.29 is 50.9 Å². The van der Waals surface area contributed by atoms with E-state index in [1.165, 1.54) is 62.8 Å². The molecule has 1 aromatic heterocycles. The van der Waals surface area contributed by atoms with Crippen molar-refractivity contribution in [2.24, 2.45) is 0 Å². The van der Waals surface area contributed by atoms with E-state index in [4.69, 9.17) is 28.1 Å². The van der Waals surface area contributed by atoms with Crippen molar-refractivity contribution in [1.29, 1.82) is 0 Å². The number of hydrogen-bond donors (Lipinski definition) is 0. The number of hydrogen-bond acceptors (Lipinski definition) is 9. The summed E-state index contributed by atoms with van der Waals surface area (Å²) in [6, 6.07) is 12.7. The van der Waals surface area contributed by atoms with Gasteiger partial charge in [-0.05, 0) is 55.0 Å². The number of rotatable bonds is 9. The number of halogens is 3. The molecule has 0 atom stereocenters. The topological polar surface area (TPSA) is 110 Å². The minimum absolute atomic E-state index is 0.0483. The second kappa shape index (κ2) is 12.0. The molecule has 0 fully saturated rings. The van der Waals surface area contributed by atoms with Gasteiger partial charge in [-0.2, -0.15) is 13.2 Å². The van der Waals surface area contributed by atoms with Crippen LogP contribution < -0.4 is 24.4 Å². The summed E-state index contributed by atoms with van der Waals surface area (Å²) in [5.74, 6) is -3.96. The molecule has 0 aliphatic rings. The average molecular weight is 572 g/mol. The molecule has 9 nitrogen and oxygen atoms in total. The van der Waals surface area contributed by atoms with E-state index in [1.807, 2.05) is 6.92 Å². The Morgan fingerprint density at radius 1 is 0.805 bits per heavy atom. The summed E-state index contributed by atoms with van der Waals surface area (Å²) in [5, 5.41) is -0.254. The van der Waals surface area contributed by atoms with Gasteiger partial charge in [0.25, 0.3) is 5.76 Å². The Labute approximate surface area is 231 Å². The quantitative estimate of drug-likeness (QED) is 0.166. The third-order valence-electron chi connectivity index (χ3n) is 5.62. The first-order valence-electron chi connectivity index (χ1n) is 12.1. The molecule has 0 radical (unpaired) electrons. The molecule has 0 spiro atoms. The van der Waals surface area contributed by atoms with Crippen LogP contribution in [0.15, 0.2) is 69.9 Å². The molecule has 0 saturated heterocycles. The molecule has 4 rings (SSSR count). The lowest BCUT2D eigenvalue weighted by atomic mass is 10.1. The van der Waals surface area contributed by atoms with Crippen molar-refractivity contribution in [2.45, 2.75) is 19.5 Å². The Morgan fingerprint density at radius 3 is 2.02 bits per heavy atom. The highest BCUT2D eigenvalue weighted by Crippen LogP contribution is 2.39. The Hall–Kier alpha value is -5.00. The zero-order valence-electron chi connectivity index (χ0n) is 22.0. The highest BCUT2D eigenvalue weighted by Gasteiger charge is 2.40. The molecular formula is C29H23F3O9. The third-order valence-corrected chi connectivity index (χ3v) is 5.62. The number of methoxy groups -OCH3 is 2. The molecule has 0 amide bonds. The predicted octanol–water partition coefficient (Wildman–Crippen LogP) is 6.41.